The number of rotatable bonds is 5. The first-order chi connectivity index (χ1) is 7.29. The summed E-state index contributed by atoms with van der Waals surface area (Å²) in [6, 6.07) is 0. The highest BCUT2D eigenvalue weighted by Gasteiger charge is 2.54. The summed E-state index contributed by atoms with van der Waals surface area (Å²) >= 11 is 0. The highest BCUT2D eigenvalue weighted by molar-refractivity contribution is 5.91. The molecule has 2 aliphatic carbocycles. The normalized spacial score (nSPS) is 34.7. The lowest BCUT2D eigenvalue weighted by Gasteiger charge is -2.51. The standard InChI is InChI=1S/C14H24O/c1-2-3-4-6-9-14-10-7-5-8-12(14)11-13(14)15/h12H,2-11H2,1H3. The van der Waals surface area contributed by atoms with Gasteiger partial charge in [0, 0.05) is 11.8 Å². The predicted octanol–water partition coefficient (Wildman–Crippen LogP) is 4.11. The third kappa shape index (κ3) is 1.98. The van der Waals surface area contributed by atoms with Crippen molar-refractivity contribution in [2.45, 2.75) is 71.1 Å². The van der Waals surface area contributed by atoms with Crippen molar-refractivity contribution in [2.24, 2.45) is 11.3 Å². The van der Waals surface area contributed by atoms with Gasteiger partial charge in [-0.25, -0.2) is 0 Å². The molecule has 2 saturated carbocycles. The van der Waals surface area contributed by atoms with E-state index in [1.807, 2.05) is 0 Å². The second kappa shape index (κ2) is 4.67. The lowest BCUT2D eigenvalue weighted by molar-refractivity contribution is -0.151. The molecule has 0 N–H and O–H groups in total. The number of Topliss-reactive ketones (excluding diaryl/α,β-unsaturated/α-hetero) is 1. The summed E-state index contributed by atoms with van der Waals surface area (Å²) in [5.74, 6) is 1.38. The van der Waals surface area contributed by atoms with E-state index in [2.05, 4.69) is 6.92 Å². The van der Waals surface area contributed by atoms with Crippen LogP contribution >= 0.6 is 0 Å². The molecule has 15 heavy (non-hydrogen) atoms. The summed E-state index contributed by atoms with van der Waals surface area (Å²) in [4.78, 5) is 11.9. The van der Waals surface area contributed by atoms with Crippen molar-refractivity contribution in [3.8, 4) is 0 Å². The molecule has 0 bridgehead atoms. The quantitative estimate of drug-likeness (QED) is 0.621. The van der Waals surface area contributed by atoms with E-state index in [1.54, 1.807) is 0 Å². The summed E-state index contributed by atoms with van der Waals surface area (Å²) in [5.41, 5.74) is 0.186. The molecule has 2 fully saturated rings. The summed E-state index contributed by atoms with van der Waals surface area (Å²) in [6.07, 6.45) is 12.6. The molecule has 2 aliphatic rings. The van der Waals surface area contributed by atoms with Gasteiger partial charge < -0.3 is 0 Å². The van der Waals surface area contributed by atoms with Gasteiger partial charge in [-0.3, -0.25) is 4.79 Å². The van der Waals surface area contributed by atoms with Gasteiger partial charge in [0.2, 0.25) is 0 Å². The molecule has 0 aromatic carbocycles. The van der Waals surface area contributed by atoms with Gasteiger partial charge in [0.05, 0.1) is 0 Å². The van der Waals surface area contributed by atoms with Crippen LogP contribution in [-0.2, 0) is 4.79 Å². The van der Waals surface area contributed by atoms with Crippen LogP contribution in [0.25, 0.3) is 0 Å². The van der Waals surface area contributed by atoms with E-state index in [-0.39, 0.29) is 5.41 Å². The number of carbonyl (C=O) groups excluding carboxylic acids is 1. The lowest BCUT2D eigenvalue weighted by Crippen LogP contribution is -2.51. The Morgan fingerprint density at radius 1 is 1.27 bits per heavy atom. The van der Waals surface area contributed by atoms with Crippen LogP contribution in [0.5, 0.6) is 0 Å². The van der Waals surface area contributed by atoms with Gasteiger partial charge in [0.1, 0.15) is 5.78 Å². The fraction of sp³-hybridized carbons (Fsp3) is 0.929. The van der Waals surface area contributed by atoms with Gasteiger partial charge in [0.15, 0.2) is 0 Å². The topological polar surface area (TPSA) is 17.1 Å². The summed E-state index contributed by atoms with van der Waals surface area (Å²) in [7, 11) is 0. The predicted molar refractivity (Wildman–Crippen MR) is 62.8 cm³/mol. The number of unbranched alkanes of at least 4 members (excludes halogenated alkanes) is 3. The number of carbonyl (C=O) groups is 1. The van der Waals surface area contributed by atoms with Gasteiger partial charge in [-0.2, -0.15) is 0 Å². The molecule has 0 radical (unpaired) electrons. The minimum Gasteiger partial charge on any atom is -0.299 e. The third-order valence-electron chi connectivity index (χ3n) is 4.67. The summed E-state index contributed by atoms with van der Waals surface area (Å²) in [5, 5.41) is 0. The zero-order valence-corrected chi connectivity index (χ0v) is 10.1. The van der Waals surface area contributed by atoms with E-state index in [1.165, 1.54) is 57.8 Å². The Morgan fingerprint density at radius 2 is 2.13 bits per heavy atom. The second-order valence-corrected chi connectivity index (χ2v) is 5.54. The Kier molecular flexibility index (Phi) is 3.48. The maximum Gasteiger partial charge on any atom is 0.139 e. The Hall–Kier alpha value is -0.330. The Labute approximate surface area is 93.6 Å². The van der Waals surface area contributed by atoms with E-state index in [9.17, 15) is 4.79 Å². The van der Waals surface area contributed by atoms with Crippen molar-refractivity contribution >= 4 is 5.78 Å². The summed E-state index contributed by atoms with van der Waals surface area (Å²) < 4.78 is 0. The fourth-order valence-corrected chi connectivity index (χ4v) is 3.61. The molecule has 1 heteroatoms. The van der Waals surface area contributed by atoms with Crippen LogP contribution in [0.1, 0.15) is 71.1 Å². The molecule has 0 aromatic heterocycles. The second-order valence-electron chi connectivity index (χ2n) is 5.54. The van der Waals surface area contributed by atoms with Crippen LogP contribution in [0.15, 0.2) is 0 Å². The average Bonchev–Trinajstić information content (AvgIpc) is 2.25. The lowest BCUT2D eigenvalue weighted by atomic mass is 9.51. The number of fused-ring (bicyclic) bond motifs is 1. The number of hydrogen-bond donors (Lipinski definition) is 0. The van der Waals surface area contributed by atoms with Crippen LogP contribution in [0.3, 0.4) is 0 Å². The molecular weight excluding hydrogens is 184 g/mol. The van der Waals surface area contributed by atoms with Gasteiger partial charge in [-0.05, 0) is 25.2 Å². The largest absolute Gasteiger partial charge is 0.299 e. The maximum atomic E-state index is 11.9. The van der Waals surface area contributed by atoms with E-state index in [4.69, 9.17) is 0 Å². The smallest absolute Gasteiger partial charge is 0.139 e. The molecule has 0 heterocycles. The van der Waals surface area contributed by atoms with E-state index < -0.39 is 0 Å². The zero-order chi connectivity index (χ0) is 10.7. The molecule has 0 aromatic rings. The molecule has 0 amide bonds. The van der Waals surface area contributed by atoms with Gasteiger partial charge in [-0.1, -0.05) is 45.4 Å². The first-order valence-electron chi connectivity index (χ1n) is 6.83. The van der Waals surface area contributed by atoms with Gasteiger partial charge in [0.25, 0.3) is 0 Å². The minimum absolute atomic E-state index is 0.186. The molecule has 86 valence electrons. The van der Waals surface area contributed by atoms with E-state index in [0.717, 1.165) is 12.3 Å². The molecule has 2 atom stereocenters. The number of ketones is 1. The first kappa shape index (κ1) is 11.2. The SMILES string of the molecule is CCCCCCC12CCCCC1CC2=O. The monoisotopic (exact) mass is 208 g/mol. The Balaban J connectivity index is 1.83. The summed E-state index contributed by atoms with van der Waals surface area (Å²) in [6.45, 7) is 2.25. The molecular formula is C14H24O. The van der Waals surface area contributed by atoms with Gasteiger partial charge in [-0.15, -0.1) is 0 Å². The fourth-order valence-electron chi connectivity index (χ4n) is 3.61. The highest BCUT2D eigenvalue weighted by atomic mass is 16.1. The minimum atomic E-state index is 0.186. The zero-order valence-electron chi connectivity index (χ0n) is 10.1. The molecule has 1 nitrogen and oxygen atoms in total. The van der Waals surface area contributed by atoms with Crippen molar-refractivity contribution < 1.29 is 4.79 Å². The third-order valence-corrected chi connectivity index (χ3v) is 4.67. The molecule has 0 spiro atoms. The Bertz CT molecular complexity index is 233. The van der Waals surface area contributed by atoms with Crippen LogP contribution in [0.2, 0.25) is 0 Å². The van der Waals surface area contributed by atoms with Gasteiger partial charge >= 0.3 is 0 Å². The van der Waals surface area contributed by atoms with Crippen LogP contribution in [-0.4, -0.2) is 5.78 Å². The van der Waals surface area contributed by atoms with Crippen molar-refractivity contribution in [1.29, 1.82) is 0 Å². The highest BCUT2D eigenvalue weighted by Crippen LogP contribution is 2.55. The van der Waals surface area contributed by atoms with Crippen molar-refractivity contribution in [2.75, 3.05) is 0 Å². The van der Waals surface area contributed by atoms with Crippen LogP contribution < -0.4 is 0 Å². The van der Waals surface area contributed by atoms with Crippen LogP contribution in [0, 0.1) is 11.3 Å². The molecule has 2 unspecified atom stereocenters. The molecule has 0 aliphatic heterocycles. The maximum absolute atomic E-state index is 11.9. The van der Waals surface area contributed by atoms with E-state index >= 15 is 0 Å². The van der Waals surface area contributed by atoms with Crippen molar-refractivity contribution in [3.63, 3.8) is 0 Å². The number of hydrogen-bond acceptors (Lipinski definition) is 1. The average molecular weight is 208 g/mol. The Morgan fingerprint density at radius 3 is 2.80 bits per heavy atom. The first-order valence-corrected chi connectivity index (χ1v) is 6.83. The van der Waals surface area contributed by atoms with Crippen molar-refractivity contribution in [3.05, 3.63) is 0 Å². The molecule has 0 saturated heterocycles. The van der Waals surface area contributed by atoms with E-state index in [0.29, 0.717) is 5.78 Å². The van der Waals surface area contributed by atoms with Crippen LogP contribution in [0.4, 0.5) is 0 Å². The van der Waals surface area contributed by atoms with Crippen molar-refractivity contribution in [1.82, 2.24) is 0 Å². The molecule has 2 rings (SSSR count).